The average Bonchev–Trinajstić information content (AvgIpc) is 2.63. The number of hydrogen-bond donors (Lipinski definition) is 2. The fourth-order valence-electron chi connectivity index (χ4n) is 2.20. The fourth-order valence-corrected chi connectivity index (χ4v) is 2.45. The summed E-state index contributed by atoms with van der Waals surface area (Å²) in [4.78, 5) is 20.6. The highest BCUT2D eigenvalue weighted by molar-refractivity contribution is 6.32. The summed E-state index contributed by atoms with van der Waals surface area (Å²) in [6.07, 6.45) is 4.79. The Morgan fingerprint density at radius 1 is 1.12 bits per heavy atom. The molecule has 7 heteroatoms. The molecular weight excluding hydrogens is 340 g/mol. The lowest BCUT2D eigenvalue weighted by Crippen LogP contribution is -2.12. The Kier molecular flexibility index (Phi) is 5.11. The molecule has 1 aromatic heterocycles. The molecule has 0 fully saturated rings. The van der Waals surface area contributed by atoms with E-state index in [1.54, 1.807) is 55.0 Å². The fraction of sp³-hybridized carbons (Fsp3) is 0.0556. The molecule has 3 aromatic rings. The minimum absolute atomic E-state index is 0.246. The largest absolute Gasteiger partial charge is 0.495 e. The highest BCUT2D eigenvalue weighted by atomic mass is 35.5. The van der Waals surface area contributed by atoms with E-state index in [9.17, 15) is 4.79 Å². The Morgan fingerprint density at radius 3 is 2.72 bits per heavy atom. The smallest absolute Gasteiger partial charge is 0.255 e. The summed E-state index contributed by atoms with van der Waals surface area (Å²) in [5.41, 5.74) is 1.82. The number of halogens is 1. The van der Waals surface area contributed by atoms with Gasteiger partial charge in [-0.2, -0.15) is 0 Å². The number of hydrogen-bond acceptors (Lipinski definition) is 5. The number of carbonyl (C=O) groups excluding carboxylic acids is 1. The Bertz CT molecular complexity index is 887. The first-order valence-corrected chi connectivity index (χ1v) is 7.81. The third kappa shape index (κ3) is 4.24. The number of rotatable bonds is 5. The van der Waals surface area contributed by atoms with Gasteiger partial charge in [-0.05, 0) is 36.4 Å². The standard InChI is InChI=1S/C18H15ClN4O2/c1-25-16-6-5-14(10-15(16)19)23-18(24)12-3-2-4-13(9-12)22-17-11-20-7-8-21-17/h2-11H,1H3,(H,21,22)(H,23,24). The summed E-state index contributed by atoms with van der Waals surface area (Å²) in [5.74, 6) is 0.904. The van der Waals surface area contributed by atoms with Crippen molar-refractivity contribution in [3.63, 3.8) is 0 Å². The first kappa shape index (κ1) is 16.7. The molecule has 25 heavy (non-hydrogen) atoms. The number of carbonyl (C=O) groups is 1. The minimum atomic E-state index is -0.246. The van der Waals surface area contributed by atoms with Crippen LogP contribution in [-0.4, -0.2) is 23.0 Å². The van der Waals surface area contributed by atoms with Crippen molar-refractivity contribution >= 4 is 34.7 Å². The van der Waals surface area contributed by atoms with Crippen molar-refractivity contribution in [2.75, 3.05) is 17.7 Å². The summed E-state index contributed by atoms with van der Waals surface area (Å²) in [5, 5.41) is 6.33. The molecule has 0 atom stereocenters. The van der Waals surface area contributed by atoms with Gasteiger partial charge in [-0.15, -0.1) is 0 Å². The first-order valence-electron chi connectivity index (χ1n) is 7.44. The van der Waals surface area contributed by atoms with Crippen LogP contribution in [0.1, 0.15) is 10.4 Å². The van der Waals surface area contributed by atoms with Gasteiger partial charge in [-0.3, -0.25) is 9.78 Å². The molecule has 0 spiro atoms. The lowest BCUT2D eigenvalue weighted by molar-refractivity contribution is 0.102. The number of methoxy groups -OCH3 is 1. The maximum Gasteiger partial charge on any atom is 0.255 e. The maximum absolute atomic E-state index is 12.4. The van der Waals surface area contributed by atoms with Crippen LogP contribution in [0.25, 0.3) is 0 Å². The molecule has 0 saturated heterocycles. The molecule has 0 radical (unpaired) electrons. The van der Waals surface area contributed by atoms with Crippen molar-refractivity contribution in [2.45, 2.75) is 0 Å². The van der Waals surface area contributed by atoms with Crippen LogP contribution >= 0.6 is 11.6 Å². The van der Waals surface area contributed by atoms with E-state index in [1.165, 1.54) is 7.11 Å². The van der Waals surface area contributed by atoms with Crippen molar-refractivity contribution in [2.24, 2.45) is 0 Å². The summed E-state index contributed by atoms with van der Waals surface area (Å²) in [6.45, 7) is 0. The Morgan fingerprint density at radius 2 is 2.00 bits per heavy atom. The molecule has 0 aliphatic rings. The Balaban J connectivity index is 1.74. The maximum atomic E-state index is 12.4. The second-order valence-corrected chi connectivity index (χ2v) is 5.51. The lowest BCUT2D eigenvalue weighted by Gasteiger charge is -2.10. The highest BCUT2D eigenvalue weighted by Gasteiger charge is 2.09. The van der Waals surface area contributed by atoms with E-state index in [0.29, 0.717) is 27.8 Å². The zero-order chi connectivity index (χ0) is 17.6. The predicted octanol–water partition coefficient (Wildman–Crippen LogP) is 4.13. The van der Waals surface area contributed by atoms with E-state index in [4.69, 9.17) is 16.3 Å². The van der Waals surface area contributed by atoms with Gasteiger partial charge in [0, 0.05) is 29.3 Å². The molecule has 0 bridgehead atoms. The Labute approximate surface area is 149 Å². The van der Waals surface area contributed by atoms with Crippen LogP contribution in [0.3, 0.4) is 0 Å². The van der Waals surface area contributed by atoms with E-state index in [2.05, 4.69) is 20.6 Å². The van der Waals surface area contributed by atoms with Gasteiger partial charge in [0.2, 0.25) is 0 Å². The van der Waals surface area contributed by atoms with Gasteiger partial charge in [0.05, 0.1) is 18.3 Å². The molecular formula is C18H15ClN4O2. The van der Waals surface area contributed by atoms with Crippen LogP contribution in [0.15, 0.2) is 61.1 Å². The van der Waals surface area contributed by atoms with Gasteiger partial charge >= 0.3 is 0 Å². The number of nitrogens with one attached hydrogen (secondary N) is 2. The second kappa shape index (κ2) is 7.63. The third-order valence-corrected chi connectivity index (χ3v) is 3.67. The summed E-state index contributed by atoms with van der Waals surface area (Å²) < 4.78 is 5.10. The van der Waals surface area contributed by atoms with Crippen molar-refractivity contribution < 1.29 is 9.53 Å². The van der Waals surface area contributed by atoms with Gasteiger partial charge < -0.3 is 15.4 Å². The van der Waals surface area contributed by atoms with Crippen LogP contribution in [0.4, 0.5) is 17.2 Å². The number of benzene rings is 2. The molecule has 3 rings (SSSR count). The molecule has 2 aromatic carbocycles. The molecule has 0 aliphatic carbocycles. The highest BCUT2D eigenvalue weighted by Crippen LogP contribution is 2.27. The Hall–Kier alpha value is -3.12. The molecule has 1 heterocycles. The normalized spacial score (nSPS) is 10.2. The molecule has 1 amide bonds. The lowest BCUT2D eigenvalue weighted by atomic mass is 10.2. The zero-order valence-electron chi connectivity index (χ0n) is 13.4. The van der Waals surface area contributed by atoms with Crippen molar-refractivity contribution in [1.82, 2.24) is 9.97 Å². The average molecular weight is 355 g/mol. The quantitative estimate of drug-likeness (QED) is 0.720. The van der Waals surface area contributed by atoms with Crippen molar-refractivity contribution in [1.29, 1.82) is 0 Å². The first-order chi connectivity index (χ1) is 12.2. The van der Waals surface area contributed by atoms with Crippen LogP contribution in [0, 0.1) is 0 Å². The van der Waals surface area contributed by atoms with Crippen LogP contribution < -0.4 is 15.4 Å². The third-order valence-electron chi connectivity index (χ3n) is 3.37. The van der Waals surface area contributed by atoms with Crippen molar-refractivity contribution in [3.8, 4) is 5.75 Å². The molecule has 6 nitrogen and oxygen atoms in total. The van der Waals surface area contributed by atoms with Crippen LogP contribution in [0.5, 0.6) is 5.75 Å². The SMILES string of the molecule is COc1ccc(NC(=O)c2cccc(Nc3cnccn3)c2)cc1Cl. The number of anilines is 3. The number of aromatic nitrogens is 2. The monoisotopic (exact) mass is 354 g/mol. The molecule has 0 saturated carbocycles. The summed E-state index contributed by atoms with van der Waals surface area (Å²) in [6, 6.07) is 12.1. The van der Waals surface area contributed by atoms with E-state index < -0.39 is 0 Å². The van der Waals surface area contributed by atoms with Gasteiger partial charge in [-0.25, -0.2) is 4.98 Å². The molecule has 2 N–H and O–H groups in total. The van der Waals surface area contributed by atoms with Crippen LogP contribution in [0.2, 0.25) is 5.02 Å². The van der Waals surface area contributed by atoms with E-state index in [1.807, 2.05) is 6.07 Å². The van der Waals surface area contributed by atoms with E-state index in [0.717, 1.165) is 5.69 Å². The topological polar surface area (TPSA) is 76.1 Å². The minimum Gasteiger partial charge on any atom is -0.495 e. The number of amides is 1. The zero-order valence-corrected chi connectivity index (χ0v) is 14.1. The van der Waals surface area contributed by atoms with Crippen molar-refractivity contribution in [3.05, 3.63) is 71.6 Å². The van der Waals surface area contributed by atoms with Gasteiger partial charge in [-0.1, -0.05) is 17.7 Å². The second-order valence-electron chi connectivity index (χ2n) is 5.10. The van der Waals surface area contributed by atoms with E-state index in [-0.39, 0.29) is 5.91 Å². The van der Waals surface area contributed by atoms with Gasteiger partial charge in [0.1, 0.15) is 11.6 Å². The predicted molar refractivity (Wildman–Crippen MR) is 97.7 cm³/mol. The van der Waals surface area contributed by atoms with Crippen LogP contribution in [-0.2, 0) is 0 Å². The summed E-state index contributed by atoms with van der Waals surface area (Å²) in [7, 11) is 1.54. The number of ether oxygens (including phenoxy) is 1. The number of nitrogens with zero attached hydrogens (tertiary/aromatic N) is 2. The van der Waals surface area contributed by atoms with E-state index >= 15 is 0 Å². The summed E-state index contributed by atoms with van der Waals surface area (Å²) >= 11 is 6.08. The molecule has 0 unspecified atom stereocenters. The molecule has 0 aliphatic heterocycles. The molecule has 126 valence electrons. The van der Waals surface area contributed by atoms with Gasteiger partial charge in [0.15, 0.2) is 0 Å². The van der Waals surface area contributed by atoms with Gasteiger partial charge in [0.25, 0.3) is 5.91 Å².